The van der Waals surface area contributed by atoms with Crippen molar-refractivity contribution in [1.29, 1.82) is 0 Å². The van der Waals surface area contributed by atoms with E-state index in [1.165, 1.54) is 4.52 Å². The molecule has 8 heteroatoms. The standard InChI is InChI=1S/C19H23N5O3/c1-13(2)27-16-5-3-14(4-6-16)18-21-19-20-15(11-17(25)24(19)22-18)12-23-7-9-26-10-8-23/h3-6,11,13H,7-10,12H2,1-2H3,(H,20,21,22). The van der Waals surface area contributed by atoms with E-state index < -0.39 is 0 Å². The number of hydrogen-bond donors (Lipinski definition) is 1. The van der Waals surface area contributed by atoms with Crippen LogP contribution in [0.3, 0.4) is 0 Å². The topological polar surface area (TPSA) is 84.8 Å². The zero-order valence-corrected chi connectivity index (χ0v) is 15.5. The Kier molecular flexibility index (Phi) is 4.91. The van der Waals surface area contributed by atoms with E-state index in [1.807, 2.05) is 38.1 Å². The van der Waals surface area contributed by atoms with Gasteiger partial charge in [0.15, 0.2) is 5.82 Å². The molecule has 3 aromatic rings. The van der Waals surface area contributed by atoms with Crippen LogP contribution in [0, 0.1) is 0 Å². The second-order valence-corrected chi connectivity index (χ2v) is 6.87. The van der Waals surface area contributed by atoms with Gasteiger partial charge in [-0.25, -0.2) is 4.98 Å². The molecular weight excluding hydrogens is 346 g/mol. The molecule has 0 bridgehead atoms. The van der Waals surface area contributed by atoms with Crippen molar-refractivity contribution in [3.8, 4) is 17.1 Å². The van der Waals surface area contributed by atoms with Crippen LogP contribution in [0.25, 0.3) is 17.2 Å². The minimum atomic E-state index is -0.165. The van der Waals surface area contributed by atoms with Crippen LogP contribution in [0.5, 0.6) is 5.75 Å². The van der Waals surface area contributed by atoms with E-state index in [0.29, 0.717) is 31.4 Å². The highest BCUT2D eigenvalue weighted by atomic mass is 16.5. The van der Waals surface area contributed by atoms with Gasteiger partial charge in [0.25, 0.3) is 11.3 Å². The lowest BCUT2D eigenvalue weighted by molar-refractivity contribution is 0.0336. The number of nitrogens with one attached hydrogen (secondary N) is 1. The molecule has 8 nitrogen and oxygen atoms in total. The molecule has 142 valence electrons. The summed E-state index contributed by atoms with van der Waals surface area (Å²) in [5, 5.41) is 3.03. The first kappa shape index (κ1) is 17.7. The third-order valence-corrected chi connectivity index (χ3v) is 4.37. The number of rotatable bonds is 5. The van der Waals surface area contributed by atoms with Crippen LogP contribution in [-0.4, -0.2) is 56.9 Å². The van der Waals surface area contributed by atoms with E-state index >= 15 is 0 Å². The first-order valence-corrected chi connectivity index (χ1v) is 9.14. The second-order valence-electron chi connectivity index (χ2n) is 6.87. The molecule has 2 aromatic heterocycles. The largest absolute Gasteiger partial charge is 0.491 e. The maximum absolute atomic E-state index is 12.4. The molecule has 3 heterocycles. The van der Waals surface area contributed by atoms with Gasteiger partial charge in [0.1, 0.15) is 5.75 Å². The number of H-pyrrole nitrogens is 1. The minimum absolute atomic E-state index is 0.120. The van der Waals surface area contributed by atoms with E-state index in [2.05, 4.69) is 20.0 Å². The summed E-state index contributed by atoms with van der Waals surface area (Å²) in [6, 6.07) is 9.17. The molecule has 0 aliphatic carbocycles. The second kappa shape index (κ2) is 7.50. The molecule has 0 atom stereocenters. The van der Waals surface area contributed by atoms with Crippen molar-refractivity contribution in [1.82, 2.24) is 24.5 Å². The summed E-state index contributed by atoms with van der Waals surface area (Å²) in [5.41, 5.74) is 1.42. The summed E-state index contributed by atoms with van der Waals surface area (Å²) >= 11 is 0. The SMILES string of the molecule is CC(C)Oc1ccc(-c2nc3nc(CN4CCOCC4)cc(=O)n3[nH]2)cc1. The van der Waals surface area contributed by atoms with Crippen LogP contribution >= 0.6 is 0 Å². The van der Waals surface area contributed by atoms with Crippen molar-refractivity contribution in [3.63, 3.8) is 0 Å². The molecular formula is C19H23N5O3. The van der Waals surface area contributed by atoms with E-state index in [0.717, 1.165) is 30.1 Å². The van der Waals surface area contributed by atoms with Crippen LogP contribution in [-0.2, 0) is 11.3 Å². The van der Waals surface area contributed by atoms with E-state index in [-0.39, 0.29) is 11.7 Å². The fraction of sp³-hybridized carbons (Fsp3) is 0.421. The summed E-state index contributed by atoms with van der Waals surface area (Å²) in [5.74, 6) is 1.77. The van der Waals surface area contributed by atoms with Crippen molar-refractivity contribution >= 4 is 5.78 Å². The smallest absolute Gasteiger partial charge is 0.274 e. The average Bonchev–Trinajstić information content (AvgIpc) is 3.07. The van der Waals surface area contributed by atoms with Crippen molar-refractivity contribution in [2.75, 3.05) is 26.3 Å². The Morgan fingerprint density at radius 1 is 1.19 bits per heavy atom. The highest BCUT2D eigenvalue weighted by Gasteiger charge is 2.14. The summed E-state index contributed by atoms with van der Waals surface area (Å²) in [6.45, 7) is 7.71. The Hall–Kier alpha value is -2.71. The zero-order valence-electron chi connectivity index (χ0n) is 15.5. The lowest BCUT2D eigenvalue weighted by Crippen LogP contribution is -2.36. The highest BCUT2D eigenvalue weighted by molar-refractivity contribution is 5.58. The average molecular weight is 369 g/mol. The van der Waals surface area contributed by atoms with Gasteiger partial charge in [-0.3, -0.25) is 14.8 Å². The molecule has 0 radical (unpaired) electrons. The number of aromatic nitrogens is 4. The summed E-state index contributed by atoms with van der Waals surface area (Å²) in [6.07, 6.45) is 0.120. The van der Waals surface area contributed by atoms with Gasteiger partial charge in [-0.15, -0.1) is 0 Å². The predicted molar refractivity (Wildman–Crippen MR) is 101 cm³/mol. The van der Waals surface area contributed by atoms with Gasteiger partial charge in [-0.2, -0.15) is 9.50 Å². The summed E-state index contributed by atoms with van der Waals surface area (Å²) < 4.78 is 12.4. The third kappa shape index (κ3) is 4.01. The molecule has 1 aliphatic rings. The van der Waals surface area contributed by atoms with Crippen LogP contribution in [0.4, 0.5) is 0 Å². The van der Waals surface area contributed by atoms with E-state index in [9.17, 15) is 4.79 Å². The molecule has 27 heavy (non-hydrogen) atoms. The van der Waals surface area contributed by atoms with Gasteiger partial charge in [-0.1, -0.05) is 0 Å². The van der Waals surface area contributed by atoms with Crippen molar-refractivity contribution < 1.29 is 9.47 Å². The van der Waals surface area contributed by atoms with Gasteiger partial charge in [0, 0.05) is 31.3 Å². The monoisotopic (exact) mass is 369 g/mol. The first-order valence-electron chi connectivity index (χ1n) is 9.14. The fourth-order valence-corrected chi connectivity index (χ4v) is 3.09. The zero-order chi connectivity index (χ0) is 18.8. The summed E-state index contributed by atoms with van der Waals surface area (Å²) in [4.78, 5) is 23.7. The van der Waals surface area contributed by atoms with Crippen LogP contribution in [0.15, 0.2) is 35.1 Å². The van der Waals surface area contributed by atoms with Gasteiger partial charge in [-0.05, 0) is 38.1 Å². The molecule has 0 unspecified atom stereocenters. The lowest BCUT2D eigenvalue weighted by atomic mass is 10.2. The Labute approximate surface area is 156 Å². The fourth-order valence-electron chi connectivity index (χ4n) is 3.09. The molecule has 0 amide bonds. The molecule has 0 saturated carbocycles. The number of aromatic amines is 1. The van der Waals surface area contributed by atoms with Crippen molar-refractivity contribution in [2.24, 2.45) is 0 Å². The highest BCUT2D eigenvalue weighted by Crippen LogP contribution is 2.20. The maximum Gasteiger partial charge on any atom is 0.274 e. The number of benzene rings is 1. The van der Waals surface area contributed by atoms with Gasteiger partial charge >= 0.3 is 0 Å². The molecule has 1 N–H and O–H groups in total. The Balaban J connectivity index is 1.59. The Morgan fingerprint density at radius 3 is 2.63 bits per heavy atom. The molecule has 1 aromatic carbocycles. The minimum Gasteiger partial charge on any atom is -0.491 e. The number of nitrogens with zero attached hydrogens (tertiary/aromatic N) is 4. The van der Waals surface area contributed by atoms with Crippen LogP contribution < -0.4 is 10.3 Å². The maximum atomic E-state index is 12.4. The summed E-state index contributed by atoms with van der Waals surface area (Å²) in [7, 11) is 0. The van der Waals surface area contributed by atoms with E-state index in [4.69, 9.17) is 9.47 Å². The number of fused-ring (bicyclic) bond motifs is 1. The third-order valence-electron chi connectivity index (χ3n) is 4.37. The first-order chi connectivity index (χ1) is 13.1. The number of ether oxygens (including phenoxy) is 2. The molecule has 1 fully saturated rings. The van der Waals surface area contributed by atoms with Crippen molar-refractivity contribution in [3.05, 3.63) is 46.4 Å². The molecule has 1 aliphatic heterocycles. The van der Waals surface area contributed by atoms with Gasteiger partial charge in [0.2, 0.25) is 0 Å². The molecule has 4 rings (SSSR count). The molecule has 1 saturated heterocycles. The van der Waals surface area contributed by atoms with Gasteiger partial charge < -0.3 is 9.47 Å². The quantitative estimate of drug-likeness (QED) is 0.737. The Bertz CT molecular complexity index is 971. The molecule has 0 spiro atoms. The van der Waals surface area contributed by atoms with Crippen molar-refractivity contribution in [2.45, 2.75) is 26.5 Å². The Morgan fingerprint density at radius 2 is 1.93 bits per heavy atom. The van der Waals surface area contributed by atoms with Gasteiger partial charge in [0.05, 0.1) is 25.0 Å². The van der Waals surface area contributed by atoms with E-state index in [1.54, 1.807) is 6.07 Å². The number of hydrogen-bond acceptors (Lipinski definition) is 6. The normalized spacial score (nSPS) is 15.5. The lowest BCUT2D eigenvalue weighted by Gasteiger charge is -2.25. The number of morpholine rings is 1. The predicted octanol–water partition coefficient (Wildman–Crippen LogP) is 1.70. The van der Waals surface area contributed by atoms with Crippen LogP contribution in [0.2, 0.25) is 0 Å². The van der Waals surface area contributed by atoms with Crippen LogP contribution in [0.1, 0.15) is 19.5 Å².